The number of carbonyl (C=O) groups excluding carboxylic acids is 2. The molecule has 0 heterocycles. The fourth-order valence-electron chi connectivity index (χ4n) is 1.46. The number of nitrogens with two attached hydrogens (primary N) is 1. The molecule has 0 spiro atoms. The van der Waals surface area contributed by atoms with Crippen LogP contribution in [0.15, 0.2) is 24.3 Å². The molecule has 110 valence electrons. The third-order valence-corrected chi connectivity index (χ3v) is 3.01. The van der Waals surface area contributed by atoms with Crippen molar-refractivity contribution in [3.63, 3.8) is 0 Å². The second-order valence-corrected chi connectivity index (χ2v) is 5.20. The van der Waals surface area contributed by atoms with Gasteiger partial charge in [-0.3, -0.25) is 9.59 Å². The van der Waals surface area contributed by atoms with Crippen LogP contribution in [0.3, 0.4) is 0 Å². The van der Waals surface area contributed by atoms with Gasteiger partial charge in [0, 0.05) is 30.6 Å². The number of hydrogen-bond acceptors (Lipinski definition) is 3. The van der Waals surface area contributed by atoms with E-state index in [1.807, 2.05) is 38.1 Å². The number of benzene rings is 1. The molecule has 1 unspecified atom stereocenters. The predicted octanol–water partition coefficient (Wildman–Crippen LogP) is 1.49. The normalized spacial score (nSPS) is 12.1. The second kappa shape index (κ2) is 7.65. The van der Waals surface area contributed by atoms with Crippen molar-refractivity contribution in [2.45, 2.75) is 27.3 Å². The number of nitrogens with one attached hydrogen (secondary N) is 2. The molecule has 0 aromatic heterocycles. The third kappa shape index (κ3) is 5.01. The van der Waals surface area contributed by atoms with Crippen LogP contribution in [0.5, 0.6) is 0 Å². The maximum Gasteiger partial charge on any atom is 0.226 e. The minimum Gasteiger partial charge on any atom is -0.352 e. The zero-order chi connectivity index (χ0) is 15.1. The Labute approximate surface area is 119 Å². The van der Waals surface area contributed by atoms with E-state index in [4.69, 9.17) is 5.73 Å². The average Bonchev–Trinajstić information content (AvgIpc) is 2.45. The van der Waals surface area contributed by atoms with Crippen molar-refractivity contribution in [2.24, 2.45) is 17.6 Å². The molecule has 20 heavy (non-hydrogen) atoms. The van der Waals surface area contributed by atoms with Gasteiger partial charge >= 0.3 is 0 Å². The van der Waals surface area contributed by atoms with Crippen LogP contribution in [0, 0.1) is 11.8 Å². The first-order valence-corrected chi connectivity index (χ1v) is 6.81. The summed E-state index contributed by atoms with van der Waals surface area (Å²) in [5, 5.41) is 5.64. The van der Waals surface area contributed by atoms with Crippen LogP contribution in [0.25, 0.3) is 0 Å². The predicted molar refractivity (Wildman–Crippen MR) is 80.0 cm³/mol. The SMILES string of the molecule is CC(C)C(=O)Nc1ccc(CNC(=O)C(C)CN)cc1. The molecular formula is C15H23N3O2. The van der Waals surface area contributed by atoms with Gasteiger partial charge < -0.3 is 16.4 Å². The van der Waals surface area contributed by atoms with Crippen molar-refractivity contribution in [2.75, 3.05) is 11.9 Å². The first-order valence-electron chi connectivity index (χ1n) is 6.81. The summed E-state index contributed by atoms with van der Waals surface area (Å²) in [6, 6.07) is 7.41. The van der Waals surface area contributed by atoms with Gasteiger partial charge in [-0.05, 0) is 17.7 Å². The maximum atomic E-state index is 11.6. The fraction of sp³-hybridized carbons (Fsp3) is 0.467. The molecule has 5 nitrogen and oxygen atoms in total. The molecule has 0 bridgehead atoms. The molecule has 0 saturated carbocycles. The van der Waals surface area contributed by atoms with E-state index < -0.39 is 0 Å². The Morgan fingerprint density at radius 1 is 1.10 bits per heavy atom. The first-order chi connectivity index (χ1) is 9.43. The number of hydrogen-bond donors (Lipinski definition) is 3. The number of rotatable bonds is 6. The molecule has 0 aliphatic carbocycles. The highest BCUT2D eigenvalue weighted by atomic mass is 16.2. The largest absolute Gasteiger partial charge is 0.352 e. The van der Waals surface area contributed by atoms with Crippen molar-refractivity contribution in [3.8, 4) is 0 Å². The summed E-state index contributed by atoms with van der Waals surface area (Å²) < 4.78 is 0. The van der Waals surface area contributed by atoms with Crippen LogP contribution in [0.1, 0.15) is 26.3 Å². The van der Waals surface area contributed by atoms with Gasteiger partial charge in [-0.1, -0.05) is 32.9 Å². The minimum absolute atomic E-state index is 0.0113. The van der Waals surface area contributed by atoms with Crippen molar-refractivity contribution in [1.82, 2.24) is 5.32 Å². The maximum absolute atomic E-state index is 11.6. The molecule has 1 atom stereocenters. The fourth-order valence-corrected chi connectivity index (χ4v) is 1.46. The van der Waals surface area contributed by atoms with Gasteiger partial charge in [-0.2, -0.15) is 0 Å². The summed E-state index contributed by atoms with van der Waals surface area (Å²) in [4.78, 5) is 23.1. The molecule has 1 aromatic rings. The van der Waals surface area contributed by atoms with Gasteiger partial charge in [-0.15, -0.1) is 0 Å². The van der Waals surface area contributed by atoms with Crippen LogP contribution < -0.4 is 16.4 Å². The molecule has 1 rings (SSSR count). The molecule has 5 heteroatoms. The lowest BCUT2D eigenvalue weighted by Gasteiger charge is -2.11. The lowest BCUT2D eigenvalue weighted by Crippen LogP contribution is -2.32. The average molecular weight is 277 g/mol. The molecule has 1 aromatic carbocycles. The summed E-state index contributed by atoms with van der Waals surface area (Å²) in [5.41, 5.74) is 7.17. The molecule has 0 aliphatic rings. The van der Waals surface area contributed by atoms with Gasteiger partial charge in [0.1, 0.15) is 0 Å². The molecular weight excluding hydrogens is 254 g/mol. The topological polar surface area (TPSA) is 84.2 Å². The van der Waals surface area contributed by atoms with Crippen molar-refractivity contribution in [1.29, 1.82) is 0 Å². The zero-order valence-corrected chi connectivity index (χ0v) is 12.3. The Bertz CT molecular complexity index is 455. The number of anilines is 1. The Kier molecular flexibility index (Phi) is 6.18. The molecule has 0 fully saturated rings. The Morgan fingerprint density at radius 3 is 2.20 bits per heavy atom. The highest BCUT2D eigenvalue weighted by molar-refractivity contribution is 5.92. The summed E-state index contributed by atoms with van der Waals surface area (Å²) in [5.74, 6) is -0.293. The molecule has 0 radical (unpaired) electrons. The summed E-state index contributed by atoms with van der Waals surface area (Å²) in [6.07, 6.45) is 0. The highest BCUT2D eigenvalue weighted by Crippen LogP contribution is 2.11. The Morgan fingerprint density at radius 2 is 1.70 bits per heavy atom. The lowest BCUT2D eigenvalue weighted by molar-refractivity contribution is -0.124. The summed E-state index contributed by atoms with van der Waals surface area (Å²) in [6.45, 7) is 6.28. The lowest BCUT2D eigenvalue weighted by atomic mass is 10.1. The number of amides is 2. The monoisotopic (exact) mass is 277 g/mol. The minimum atomic E-state index is -0.181. The van der Waals surface area contributed by atoms with Crippen molar-refractivity contribution >= 4 is 17.5 Å². The van der Waals surface area contributed by atoms with E-state index in [1.165, 1.54) is 0 Å². The summed E-state index contributed by atoms with van der Waals surface area (Å²) >= 11 is 0. The van der Waals surface area contributed by atoms with E-state index in [-0.39, 0.29) is 23.7 Å². The second-order valence-electron chi connectivity index (χ2n) is 5.20. The number of carbonyl (C=O) groups is 2. The van der Waals surface area contributed by atoms with Crippen LogP contribution >= 0.6 is 0 Å². The van der Waals surface area contributed by atoms with Gasteiger partial charge in [0.2, 0.25) is 11.8 Å². The van der Waals surface area contributed by atoms with E-state index in [0.717, 1.165) is 11.3 Å². The molecule has 4 N–H and O–H groups in total. The molecule has 0 saturated heterocycles. The zero-order valence-electron chi connectivity index (χ0n) is 12.3. The van der Waals surface area contributed by atoms with E-state index in [0.29, 0.717) is 13.1 Å². The van der Waals surface area contributed by atoms with Gasteiger partial charge in [0.15, 0.2) is 0 Å². The van der Waals surface area contributed by atoms with E-state index in [1.54, 1.807) is 6.92 Å². The Hall–Kier alpha value is -1.88. The highest BCUT2D eigenvalue weighted by Gasteiger charge is 2.10. The van der Waals surface area contributed by atoms with Crippen LogP contribution in [0.2, 0.25) is 0 Å². The molecule has 0 aliphatic heterocycles. The first kappa shape index (κ1) is 16.2. The Balaban J connectivity index is 2.51. The van der Waals surface area contributed by atoms with Crippen LogP contribution in [-0.4, -0.2) is 18.4 Å². The van der Waals surface area contributed by atoms with E-state index >= 15 is 0 Å². The van der Waals surface area contributed by atoms with Crippen LogP contribution in [0.4, 0.5) is 5.69 Å². The van der Waals surface area contributed by atoms with Crippen molar-refractivity contribution in [3.05, 3.63) is 29.8 Å². The van der Waals surface area contributed by atoms with Crippen LogP contribution in [-0.2, 0) is 16.1 Å². The van der Waals surface area contributed by atoms with Gasteiger partial charge in [0.25, 0.3) is 0 Å². The van der Waals surface area contributed by atoms with Gasteiger partial charge in [0.05, 0.1) is 0 Å². The smallest absolute Gasteiger partial charge is 0.226 e. The van der Waals surface area contributed by atoms with Crippen molar-refractivity contribution < 1.29 is 9.59 Å². The van der Waals surface area contributed by atoms with E-state index in [2.05, 4.69) is 10.6 Å². The standard InChI is InChI=1S/C15H23N3O2/c1-10(2)14(19)18-13-6-4-12(5-7-13)9-17-15(20)11(3)8-16/h4-7,10-11H,8-9,16H2,1-3H3,(H,17,20)(H,18,19). The third-order valence-electron chi connectivity index (χ3n) is 3.01. The van der Waals surface area contributed by atoms with Gasteiger partial charge in [-0.25, -0.2) is 0 Å². The summed E-state index contributed by atoms with van der Waals surface area (Å²) in [7, 11) is 0. The quantitative estimate of drug-likeness (QED) is 0.736. The van der Waals surface area contributed by atoms with E-state index in [9.17, 15) is 9.59 Å². The molecule has 2 amide bonds.